The van der Waals surface area contributed by atoms with Gasteiger partial charge in [-0.1, -0.05) is 29.3 Å². The van der Waals surface area contributed by atoms with Crippen molar-refractivity contribution < 1.29 is 4.74 Å². The van der Waals surface area contributed by atoms with Crippen molar-refractivity contribution in [3.05, 3.63) is 39.5 Å². The van der Waals surface area contributed by atoms with E-state index < -0.39 is 0 Å². The second-order valence-corrected chi connectivity index (χ2v) is 4.78. The number of fused-ring (bicyclic) bond motifs is 1. The number of hydrogen-bond acceptors (Lipinski definition) is 2. The Balaban J connectivity index is 2.09. The molecule has 0 atom stereocenters. The summed E-state index contributed by atoms with van der Waals surface area (Å²) in [5.41, 5.74) is 4.13. The highest BCUT2D eigenvalue weighted by Crippen LogP contribution is 2.31. The Morgan fingerprint density at radius 3 is 2.94 bits per heavy atom. The van der Waals surface area contributed by atoms with Gasteiger partial charge in [0.1, 0.15) is 0 Å². The highest BCUT2D eigenvalue weighted by molar-refractivity contribution is 6.42. The fraction of sp³-hybridized carbons (Fsp3) is 0.250. The third kappa shape index (κ3) is 1.95. The third-order valence-electron chi connectivity index (χ3n) is 2.89. The van der Waals surface area contributed by atoms with Gasteiger partial charge >= 0.3 is 0 Å². The van der Waals surface area contributed by atoms with Gasteiger partial charge in [0.2, 0.25) is 0 Å². The van der Waals surface area contributed by atoms with Crippen LogP contribution in [0.15, 0.2) is 18.2 Å². The molecule has 0 saturated carbocycles. The van der Waals surface area contributed by atoms with Gasteiger partial charge in [0.05, 0.1) is 29.0 Å². The van der Waals surface area contributed by atoms with Gasteiger partial charge in [-0.2, -0.15) is 5.10 Å². The molecule has 0 radical (unpaired) electrons. The number of hydrogen-bond donors (Lipinski definition) is 1. The monoisotopic (exact) mass is 268 g/mol. The van der Waals surface area contributed by atoms with Gasteiger partial charge in [0.15, 0.2) is 0 Å². The van der Waals surface area contributed by atoms with Gasteiger partial charge in [0, 0.05) is 23.2 Å². The summed E-state index contributed by atoms with van der Waals surface area (Å²) >= 11 is 11.9. The molecule has 0 aliphatic carbocycles. The van der Waals surface area contributed by atoms with Crippen molar-refractivity contribution in [2.24, 2.45) is 0 Å². The zero-order valence-electron chi connectivity index (χ0n) is 8.96. The molecule has 0 bridgehead atoms. The SMILES string of the molecule is Clc1ccc(-c2n[nH]c3c2COCC3)cc1Cl. The van der Waals surface area contributed by atoms with Crippen LogP contribution in [-0.2, 0) is 17.8 Å². The number of aromatic nitrogens is 2. The molecule has 5 heteroatoms. The minimum Gasteiger partial charge on any atom is -0.376 e. The fourth-order valence-corrected chi connectivity index (χ4v) is 2.29. The molecule has 3 nitrogen and oxygen atoms in total. The molecule has 3 rings (SSSR count). The van der Waals surface area contributed by atoms with E-state index in [2.05, 4.69) is 10.2 Å². The molecule has 1 N–H and O–H groups in total. The van der Waals surface area contributed by atoms with Crippen LogP contribution in [-0.4, -0.2) is 16.8 Å². The van der Waals surface area contributed by atoms with Gasteiger partial charge in [-0.05, 0) is 12.1 Å². The molecule has 0 unspecified atom stereocenters. The van der Waals surface area contributed by atoms with E-state index in [9.17, 15) is 0 Å². The number of benzene rings is 1. The van der Waals surface area contributed by atoms with E-state index >= 15 is 0 Å². The minimum atomic E-state index is 0.539. The van der Waals surface area contributed by atoms with E-state index in [4.69, 9.17) is 27.9 Å². The van der Waals surface area contributed by atoms with Crippen molar-refractivity contribution in [2.75, 3.05) is 6.61 Å². The van der Waals surface area contributed by atoms with E-state index in [1.54, 1.807) is 6.07 Å². The van der Waals surface area contributed by atoms with Crippen LogP contribution in [0, 0.1) is 0 Å². The quantitative estimate of drug-likeness (QED) is 0.860. The molecule has 2 aromatic rings. The molecule has 1 aliphatic rings. The smallest absolute Gasteiger partial charge is 0.0979 e. The maximum Gasteiger partial charge on any atom is 0.0979 e. The minimum absolute atomic E-state index is 0.539. The molecule has 17 heavy (non-hydrogen) atoms. The standard InChI is InChI=1S/C12H10Cl2N2O/c13-9-2-1-7(5-10(9)14)12-8-6-17-4-3-11(8)15-16-12/h1-2,5H,3-4,6H2,(H,15,16). The second-order valence-electron chi connectivity index (χ2n) is 3.96. The first kappa shape index (κ1) is 11.1. The Morgan fingerprint density at radius 2 is 2.12 bits per heavy atom. The number of nitrogens with one attached hydrogen (secondary N) is 1. The first-order valence-corrected chi connectivity index (χ1v) is 6.10. The van der Waals surface area contributed by atoms with Gasteiger partial charge in [-0.15, -0.1) is 0 Å². The summed E-state index contributed by atoms with van der Waals surface area (Å²) < 4.78 is 5.45. The lowest BCUT2D eigenvalue weighted by Gasteiger charge is -2.12. The molecule has 0 saturated heterocycles. The van der Waals surface area contributed by atoms with Crippen molar-refractivity contribution in [1.29, 1.82) is 0 Å². The third-order valence-corrected chi connectivity index (χ3v) is 3.63. The van der Waals surface area contributed by atoms with Crippen LogP contribution < -0.4 is 0 Å². The van der Waals surface area contributed by atoms with E-state index in [1.807, 2.05) is 12.1 Å². The number of ether oxygens (including phenoxy) is 1. The lowest BCUT2D eigenvalue weighted by Crippen LogP contribution is -2.08. The fourth-order valence-electron chi connectivity index (χ4n) is 1.99. The van der Waals surface area contributed by atoms with Crippen molar-refractivity contribution in [3.63, 3.8) is 0 Å². The van der Waals surface area contributed by atoms with Gasteiger partial charge in [-0.3, -0.25) is 5.10 Å². The highest BCUT2D eigenvalue weighted by Gasteiger charge is 2.18. The molecule has 0 amide bonds. The normalized spacial score (nSPS) is 14.7. The predicted molar refractivity (Wildman–Crippen MR) is 67.4 cm³/mol. The van der Waals surface area contributed by atoms with Gasteiger partial charge < -0.3 is 4.74 Å². The molecular formula is C12H10Cl2N2O. The first-order valence-electron chi connectivity index (χ1n) is 5.35. The maximum absolute atomic E-state index is 6.01. The Labute approximate surface area is 109 Å². The van der Waals surface area contributed by atoms with E-state index in [-0.39, 0.29) is 0 Å². The Bertz CT molecular complexity index is 566. The molecular weight excluding hydrogens is 259 g/mol. The molecule has 88 valence electrons. The molecule has 1 aromatic carbocycles. The zero-order chi connectivity index (χ0) is 11.8. The zero-order valence-corrected chi connectivity index (χ0v) is 10.5. The van der Waals surface area contributed by atoms with Crippen LogP contribution in [0.25, 0.3) is 11.3 Å². The molecule has 1 aromatic heterocycles. The molecule has 0 spiro atoms. The van der Waals surface area contributed by atoms with Crippen LogP contribution in [0.3, 0.4) is 0 Å². The second kappa shape index (κ2) is 4.33. The average Bonchev–Trinajstić information content (AvgIpc) is 2.76. The van der Waals surface area contributed by atoms with Crippen LogP contribution in [0.4, 0.5) is 0 Å². The number of aromatic amines is 1. The average molecular weight is 269 g/mol. The van der Waals surface area contributed by atoms with Crippen molar-refractivity contribution in [1.82, 2.24) is 10.2 Å². The van der Waals surface area contributed by atoms with Gasteiger partial charge in [0.25, 0.3) is 0 Å². The summed E-state index contributed by atoms with van der Waals surface area (Å²) in [4.78, 5) is 0. The molecule has 0 fully saturated rings. The van der Waals surface area contributed by atoms with E-state index in [0.717, 1.165) is 35.5 Å². The summed E-state index contributed by atoms with van der Waals surface area (Å²) in [6, 6.07) is 5.53. The first-order chi connectivity index (χ1) is 8.25. The Morgan fingerprint density at radius 1 is 1.24 bits per heavy atom. The lowest BCUT2D eigenvalue weighted by atomic mass is 10.0. The van der Waals surface area contributed by atoms with Crippen LogP contribution in [0.1, 0.15) is 11.3 Å². The van der Waals surface area contributed by atoms with Crippen LogP contribution in [0.2, 0.25) is 10.0 Å². The predicted octanol–water partition coefficient (Wildman–Crippen LogP) is 3.46. The topological polar surface area (TPSA) is 37.9 Å². The molecule has 1 aliphatic heterocycles. The van der Waals surface area contributed by atoms with E-state index in [0.29, 0.717) is 16.7 Å². The Kier molecular flexibility index (Phi) is 2.82. The van der Waals surface area contributed by atoms with Crippen LogP contribution >= 0.6 is 23.2 Å². The summed E-state index contributed by atoms with van der Waals surface area (Å²) in [7, 11) is 0. The molecule has 2 heterocycles. The van der Waals surface area contributed by atoms with Crippen molar-refractivity contribution in [3.8, 4) is 11.3 Å². The number of halogens is 2. The highest BCUT2D eigenvalue weighted by atomic mass is 35.5. The maximum atomic E-state index is 6.01. The van der Waals surface area contributed by atoms with E-state index in [1.165, 1.54) is 0 Å². The van der Waals surface area contributed by atoms with Crippen molar-refractivity contribution in [2.45, 2.75) is 13.0 Å². The summed E-state index contributed by atoms with van der Waals surface area (Å²) in [5, 5.41) is 8.48. The van der Waals surface area contributed by atoms with Crippen LogP contribution in [0.5, 0.6) is 0 Å². The number of H-pyrrole nitrogens is 1. The number of nitrogens with zero attached hydrogens (tertiary/aromatic N) is 1. The number of rotatable bonds is 1. The lowest BCUT2D eigenvalue weighted by molar-refractivity contribution is 0.110. The van der Waals surface area contributed by atoms with Crippen molar-refractivity contribution >= 4 is 23.2 Å². The summed E-state index contributed by atoms with van der Waals surface area (Å²) in [6.07, 6.45) is 0.879. The largest absolute Gasteiger partial charge is 0.376 e. The summed E-state index contributed by atoms with van der Waals surface area (Å²) in [5.74, 6) is 0. The Hall–Kier alpha value is -1.03. The summed E-state index contributed by atoms with van der Waals surface area (Å²) in [6.45, 7) is 1.34. The van der Waals surface area contributed by atoms with Gasteiger partial charge in [-0.25, -0.2) is 0 Å².